The van der Waals surface area contributed by atoms with E-state index in [2.05, 4.69) is 18.9 Å². The van der Waals surface area contributed by atoms with Crippen molar-refractivity contribution >= 4 is 5.97 Å². The average Bonchev–Trinajstić information content (AvgIpc) is 2.32. The van der Waals surface area contributed by atoms with Crippen LogP contribution < -0.4 is 0 Å². The number of rotatable bonds is 7. The summed E-state index contributed by atoms with van der Waals surface area (Å²) in [5.41, 5.74) is 0. The van der Waals surface area contributed by atoms with Crippen molar-refractivity contribution in [2.75, 3.05) is 26.7 Å². The Morgan fingerprint density at radius 2 is 1.78 bits per heavy atom. The highest BCUT2D eigenvalue weighted by Crippen LogP contribution is 2.31. The summed E-state index contributed by atoms with van der Waals surface area (Å²) in [4.78, 5) is 13.9. The molecule has 0 unspecified atom stereocenters. The highest BCUT2D eigenvalue weighted by molar-refractivity contribution is 5.69. The van der Waals surface area contributed by atoms with Gasteiger partial charge in [0.15, 0.2) is 0 Å². The molecule has 1 aliphatic rings. The first-order valence-electron chi connectivity index (χ1n) is 7.49. The largest absolute Gasteiger partial charge is 0.466 e. The highest BCUT2D eigenvalue weighted by atomic mass is 16.5. The Kier molecular flexibility index (Phi) is 7.33. The van der Waals surface area contributed by atoms with Crippen LogP contribution in [0.1, 0.15) is 52.4 Å². The first kappa shape index (κ1) is 15.5. The zero-order valence-corrected chi connectivity index (χ0v) is 12.3. The molecule has 0 aromatic heterocycles. The molecule has 106 valence electrons. The molecule has 0 bridgehead atoms. The first-order chi connectivity index (χ1) is 8.65. The maximum atomic E-state index is 11.4. The number of carbonyl (C=O) groups excluding carboxylic acids is 1. The van der Waals surface area contributed by atoms with Gasteiger partial charge >= 0.3 is 5.97 Å². The van der Waals surface area contributed by atoms with Crippen LogP contribution in [0.25, 0.3) is 0 Å². The van der Waals surface area contributed by atoms with Gasteiger partial charge in [-0.3, -0.25) is 4.79 Å². The molecule has 1 rings (SSSR count). The van der Waals surface area contributed by atoms with E-state index in [0.29, 0.717) is 18.9 Å². The zero-order chi connectivity index (χ0) is 13.4. The molecule has 18 heavy (non-hydrogen) atoms. The van der Waals surface area contributed by atoms with E-state index >= 15 is 0 Å². The van der Waals surface area contributed by atoms with Crippen molar-refractivity contribution in [3.05, 3.63) is 0 Å². The molecule has 3 heteroatoms. The van der Waals surface area contributed by atoms with Crippen molar-refractivity contribution in [1.29, 1.82) is 0 Å². The number of hydrogen-bond donors (Lipinski definition) is 0. The molecule has 3 nitrogen and oxygen atoms in total. The topological polar surface area (TPSA) is 29.5 Å². The minimum absolute atomic E-state index is 0.0101. The third-order valence-electron chi connectivity index (χ3n) is 3.90. The predicted molar refractivity (Wildman–Crippen MR) is 74.5 cm³/mol. The smallest absolute Gasteiger partial charge is 0.306 e. The minimum Gasteiger partial charge on any atom is -0.466 e. The number of hydrogen-bond acceptors (Lipinski definition) is 3. The van der Waals surface area contributed by atoms with E-state index < -0.39 is 0 Å². The monoisotopic (exact) mass is 255 g/mol. The van der Waals surface area contributed by atoms with Crippen LogP contribution in [0, 0.1) is 11.8 Å². The van der Waals surface area contributed by atoms with Crippen molar-refractivity contribution in [3.8, 4) is 0 Å². The van der Waals surface area contributed by atoms with E-state index in [1.807, 2.05) is 6.92 Å². The third kappa shape index (κ3) is 5.85. The molecule has 1 fully saturated rings. The highest BCUT2D eigenvalue weighted by Gasteiger charge is 2.24. The molecule has 0 radical (unpaired) electrons. The number of esters is 1. The number of ether oxygens (including phenoxy) is 1. The molecule has 0 aromatic rings. The SMILES string of the molecule is CCCN(C)CC1CCC(CC(=O)OCC)CC1. The van der Waals surface area contributed by atoms with E-state index in [1.54, 1.807) is 0 Å². The fraction of sp³-hybridized carbons (Fsp3) is 0.933. The van der Waals surface area contributed by atoms with Gasteiger partial charge < -0.3 is 9.64 Å². The second-order valence-corrected chi connectivity index (χ2v) is 5.66. The molecule has 1 saturated carbocycles. The van der Waals surface area contributed by atoms with Crippen LogP contribution >= 0.6 is 0 Å². The lowest BCUT2D eigenvalue weighted by atomic mass is 9.80. The van der Waals surface area contributed by atoms with E-state index in [0.717, 1.165) is 5.92 Å². The lowest BCUT2D eigenvalue weighted by Crippen LogP contribution is -2.29. The first-order valence-corrected chi connectivity index (χ1v) is 7.49. The lowest BCUT2D eigenvalue weighted by molar-refractivity contribution is -0.144. The lowest BCUT2D eigenvalue weighted by Gasteiger charge is -2.30. The van der Waals surface area contributed by atoms with Gasteiger partial charge in [0.05, 0.1) is 6.61 Å². The number of carbonyl (C=O) groups is 1. The Balaban J connectivity index is 2.18. The van der Waals surface area contributed by atoms with Crippen molar-refractivity contribution in [2.24, 2.45) is 11.8 Å². The maximum Gasteiger partial charge on any atom is 0.306 e. The molecule has 0 aliphatic heterocycles. The van der Waals surface area contributed by atoms with Gasteiger partial charge in [-0.2, -0.15) is 0 Å². The fourth-order valence-corrected chi connectivity index (χ4v) is 2.99. The summed E-state index contributed by atoms with van der Waals surface area (Å²) in [5, 5.41) is 0. The molecule has 0 amide bonds. The summed E-state index contributed by atoms with van der Waals surface area (Å²) in [6.45, 7) is 7.03. The summed E-state index contributed by atoms with van der Waals surface area (Å²) in [7, 11) is 2.22. The molecule has 0 saturated heterocycles. The molecule has 0 heterocycles. The Morgan fingerprint density at radius 3 is 2.33 bits per heavy atom. The standard InChI is InChI=1S/C15H29NO2/c1-4-10-16(3)12-14-8-6-13(7-9-14)11-15(17)18-5-2/h13-14H,4-12H2,1-3H3. The molecular formula is C15H29NO2. The van der Waals surface area contributed by atoms with Crippen molar-refractivity contribution in [2.45, 2.75) is 52.4 Å². The molecule has 0 spiro atoms. The van der Waals surface area contributed by atoms with E-state index in [1.165, 1.54) is 45.2 Å². The summed E-state index contributed by atoms with van der Waals surface area (Å²) < 4.78 is 5.02. The van der Waals surface area contributed by atoms with Gasteiger partial charge in [0.2, 0.25) is 0 Å². The Morgan fingerprint density at radius 1 is 1.17 bits per heavy atom. The van der Waals surface area contributed by atoms with Crippen LogP contribution in [0.3, 0.4) is 0 Å². The normalized spacial score (nSPS) is 24.2. The quantitative estimate of drug-likeness (QED) is 0.655. The van der Waals surface area contributed by atoms with Gasteiger partial charge in [-0.1, -0.05) is 6.92 Å². The van der Waals surface area contributed by atoms with Crippen LogP contribution in [0.15, 0.2) is 0 Å². The predicted octanol–water partition coefficient (Wildman–Crippen LogP) is 3.09. The summed E-state index contributed by atoms with van der Waals surface area (Å²) >= 11 is 0. The van der Waals surface area contributed by atoms with Gasteiger partial charge in [0, 0.05) is 13.0 Å². The van der Waals surface area contributed by atoms with Gasteiger partial charge in [-0.05, 0) is 64.5 Å². The van der Waals surface area contributed by atoms with Crippen LogP contribution in [0.4, 0.5) is 0 Å². The van der Waals surface area contributed by atoms with Gasteiger partial charge in [0.25, 0.3) is 0 Å². The molecule has 0 atom stereocenters. The zero-order valence-electron chi connectivity index (χ0n) is 12.3. The maximum absolute atomic E-state index is 11.4. The fourth-order valence-electron chi connectivity index (χ4n) is 2.99. The van der Waals surface area contributed by atoms with Crippen molar-refractivity contribution in [1.82, 2.24) is 4.90 Å². The van der Waals surface area contributed by atoms with Crippen molar-refractivity contribution < 1.29 is 9.53 Å². The Bertz CT molecular complexity index is 235. The van der Waals surface area contributed by atoms with Crippen LogP contribution in [-0.4, -0.2) is 37.6 Å². The van der Waals surface area contributed by atoms with Crippen LogP contribution in [-0.2, 0) is 9.53 Å². The second kappa shape index (κ2) is 8.52. The minimum atomic E-state index is -0.0101. The molecule has 1 aliphatic carbocycles. The summed E-state index contributed by atoms with van der Waals surface area (Å²) in [5.74, 6) is 1.39. The van der Waals surface area contributed by atoms with Crippen LogP contribution in [0.5, 0.6) is 0 Å². The average molecular weight is 255 g/mol. The van der Waals surface area contributed by atoms with Crippen LogP contribution in [0.2, 0.25) is 0 Å². The second-order valence-electron chi connectivity index (χ2n) is 5.66. The summed E-state index contributed by atoms with van der Waals surface area (Å²) in [6, 6.07) is 0. The number of nitrogens with zero attached hydrogens (tertiary/aromatic N) is 1. The Labute approximate surface area is 112 Å². The van der Waals surface area contributed by atoms with Gasteiger partial charge in [-0.15, -0.1) is 0 Å². The van der Waals surface area contributed by atoms with Gasteiger partial charge in [-0.25, -0.2) is 0 Å². The van der Waals surface area contributed by atoms with E-state index in [4.69, 9.17) is 4.74 Å². The summed E-state index contributed by atoms with van der Waals surface area (Å²) in [6.07, 6.45) is 6.81. The third-order valence-corrected chi connectivity index (χ3v) is 3.90. The Hall–Kier alpha value is -0.570. The molecule has 0 N–H and O–H groups in total. The van der Waals surface area contributed by atoms with E-state index in [9.17, 15) is 4.79 Å². The van der Waals surface area contributed by atoms with E-state index in [-0.39, 0.29) is 5.97 Å². The van der Waals surface area contributed by atoms with Gasteiger partial charge in [0.1, 0.15) is 0 Å². The molecule has 0 aromatic carbocycles. The molecular weight excluding hydrogens is 226 g/mol. The van der Waals surface area contributed by atoms with Crippen molar-refractivity contribution in [3.63, 3.8) is 0 Å².